The number of rotatable bonds is 6. The van der Waals surface area contributed by atoms with E-state index >= 15 is 0 Å². The summed E-state index contributed by atoms with van der Waals surface area (Å²) in [7, 11) is 0. The van der Waals surface area contributed by atoms with Crippen molar-refractivity contribution in [3.05, 3.63) is 35.9 Å². The second-order valence-electron chi connectivity index (χ2n) is 4.47. The third-order valence-corrected chi connectivity index (χ3v) is 2.90. The van der Waals surface area contributed by atoms with Gasteiger partial charge < -0.3 is 9.84 Å². The van der Waals surface area contributed by atoms with Crippen LogP contribution >= 0.6 is 0 Å². The van der Waals surface area contributed by atoms with E-state index in [1.54, 1.807) is 13.8 Å². The molecule has 1 aromatic rings. The van der Waals surface area contributed by atoms with Gasteiger partial charge in [0.05, 0.1) is 18.8 Å². The molecule has 0 aliphatic carbocycles. The summed E-state index contributed by atoms with van der Waals surface area (Å²) in [5, 5.41) is 12.7. The Morgan fingerprint density at radius 1 is 1.44 bits per heavy atom. The van der Waals surface area contributed by atoms with Gasteiger partial charge in [-0.15, -0.1) is 0 Å². The Labute approximate surface area is 108 Å². The van der Waals surface area contributed by atoms with E-state index in [9.17, 15) is 9.90 Å². The molecule has 0 aliphatic rings. The van der Waals surface area contributed by atoms with Crippen LogP contribution in [0.1, 0.15) is 26.3 Å². The maximum atomic E-state index is 11.6. The monoisotopic (exact) mass is 251 g/mol. The van der Waals surface area contributed by atoms with E-state index < -0.39 is 11.6 Å². The molecule has 4 heteroatoms. The van der Waals surface area contributed by atoms with Gasteiger partial charge in [0, 0.05) is 0 Å². The Hall–Kier alpha value is -1.39. The average molecular weight is 251 g/mol. The Balaban J connectivity index is 2.80. The fourth-order valence-corrected chi connectivity index (χ4v) is 1.83. The van der Waals surface area contributed by atoms with Crippen molar-refractivity contribution in [3.8, 4) is 0 Å². The van der Waals surface area contributed by atoms with Crippen LogP contribution in [0.4, 0.5) is 0 Å². The highest BCUT2D eigenvalue weighted by molar-refractivity contribution is 5.75. The molecule has 2 N–H and O–H groups in total. The first-order valence-corrected chi connectivity index (χ1v) is 6.14. The smallest absolute Gasteiger partial charge is 0.322 e. The number of aliphatic hydroxyl groups excluding tert-OH is 1. The van der Waals surface area contributed by atoms with E-state index in [1.165, 1.54) is 0 Å². The van der Waals surface area contributed by atoms with Crippen molar-refractivity contribution in [2.24, 2.45) is 0 Å². The Kier molecular flexibility index (Phi) is 5.31. The van der Waals surface area contributed by atoms with Crippen LogP contribution in [0, 0.1) is 0 Å². The Bertz CT molecular complexity index is 380. The highest BCUT2D eigenvalue weighted by atomic mass is 16.5. The average Bonchev–Trinajstić information content (AvgIpc) is 2.39. The topological polar surface area (TPSA) is 58.6 Å². The van der Waals surface area contributed by atoms with Gasteiger partial charge in [0.25, 0.3) is 0 Å². The molecule has 4 nitrogen and oxygen atoms in total. The molecule has 0 bridgehead atoms. The van der Waals surface area contributed by atoms with Crippen molar-refractivity contribution in [2.45, 2.75) is 32.4 Å². The van der Waals surface area contributed by atoms with Gasteiger partial charge >= 0.3 is 5.97 Å². The minimum Gasteiger partial charge on any atom is -0.465 e. The van der Waals surface area contributed by atoms with Crippen LogP contribution in [0.5, 0.6) is 0 Å². The third-order valence-electron chi connectivity index (χ3n) is 2.90. The molecule has 2 atom stereocenters. The number of carbonyl (C=O) groups is 1. The van der Waals surface area contributed by atoms with E-state index in [1.807, 2.05) is 37.3 Å². The van der Waals surface area contributed by atoms with E-state index in [4.69, 9.17) is 4.74 Å². The summed E-state index contributed by atoms with van der Waals surface area (Å²) < 4.78 is 4.95. The maximum absolute atomic E-state index is 11.6. The molecule has 0 heterocycles. The van der Waals surface area contributed by atoms with Crippen molar-refractivity contribution in [1.82, 2.24) is 5.32 Å². The zero-order chi connectivity index (χ0) is 13.6. The Morgan fingerprint density at radius 2 is 2.06 bits per heavy atom. The van der Waals surface area contributed by atoms with Gasteiger partial charge in [0.15, 0.2) is 0 Å². The molecule has 0 saturated heterocycles. The lowest BCUT2D eigenvalue weighted by Crippen LogP contribution is -2.50. The first-order chi connectivity index (χ1) is 8.53. The van der Waals surface area contributed by atoms with Crippen LogP contribution < -0.4 is 5.32 Å². The zero-order valence-corrected chi connectivity index (χ0v) is 11.1. The number of benzene rings is 1. The number of esters is 1. The molecule has 100 valence electrons. The zero-order valence-electron chi connectivity index (χ0n) is 11.1. The van der Waals surface area contributed by atoms with E-state index in [-0.39, 0.29) is 12.6 Å². The lowest BCUT2D eigenvalue weighted by Gasteiger charge is -2.32. The molecule has 0 saturated carbocycles. The van der Waals surface area contributed by atoms with Crippen molar-refractivity contribution >= 4 is 5.97 Å². The SMILES string of the molecule is CCOC(=O)C(C)NC(C)(CO)c1ccccc1. The predicted molar refractivity (Wildman–Crippen MR) is 70.1 cm³/mol. The standard InChI is InChI=1S/C14H21NO3/c1-4-18-13(17)11(2)15-14(3,10-16)12-8-6-5-7-9-12/h5-9,11,15-16H,4,10H2,1-3H3. The summed E-state index contributed by atoms with van der Waals surface area (Å²) in [5.74, 6) is -0.312. The van der Waals surface area contributed by atoms with Crippen LogP contribution in [0.3, 0.4) is 0 Å². The van der Waals surface area contributed by atoms with E-state index in [2.05, 4.69) is 5.32 Å². The van der Waals surface area contributed by atoms with Crippen LogP contribution in [-0.2, 0) is 15.1 Å². The van der Waals surface area contributed by atoms with Crippen molar-refractivity contribution in [1.29, 1.82) is 0 Å². The van der Waals surface area contributed by atoms with Gasteiger partial charge in [-0.2, -0.15) is 0 Å². The van der Waals surface area contributed by atoms with Crippen LogP contribution in [0.25, 0.3) is 0 Å². The van der Waals surface area contributed by atoms with Gasteiger partial charge in [0.1, 0.15) is 6.04 Å². The lowest BCUT2D eigenvalue weighted by atomic mass is 9.92. The summed E-state index contributed by atoms with van der Waals surface area (Å²) >= 11 is 0. The van der Waals surface area contributed by atoms with Gasteiger partial charge in [0.2, 0.25) is 0 Å². The van der Waals surface area contributed by atoms with Gasteiger partial charge in [-0.25, -0.2) is 0 Å². The molecule has 0 spiro atoms. The van der Waals surface area contributed by atoms with Crippen molar-refractivity contribution < 1.29 is 14.6 Å². The second-order valence-corrected chi connectivity index (χ2v) is 4.47. The van der Waals surface area contributed by atoms with Crippen molar-refractivity contribution in [3.63, 3.8) is 0 Å². The fourth-order valence-electron chi connectivity index (χ4n) is 1.83. The normalized spacial score (nSPS) is 15.8. The molecule has 1 aromatic carbocycles. The lowest BCUT2D eigenvalue weighted by molar-refractivity contribution is -0.145. The minimum atomic E-state index is -0.659. The number of hydrogen-bond donors (Lipinski definition) is 2. The van der Waals surface area contributed by atoms with Crippen LogP contribution in [-0.4, -0.2) is 30.3 Å². The highest BCUT2D eigenvalue weighted by Gasteiger charge is 2.29. The van der Waals surface area contributed by atoms with Gasteiger partial charge in [-0.1, -0.05) is 30.3 Å². The van der Waals surface area contributed by atoms with Crippen LogP contribution in [0.2, 0.25) is 0 Å². The molecule has 0 aliphatic heterocycles. The van der Waals surface area contributed by atoms with E-state index in [0.29, 0.717) is 6.61 Å². The molecule has 0 aromatic heterocycles. The summed E-state index contributed by atoms with van der Waals surface area (Å²) in [6.07, 6.45) is 0. The second kappa shape index (κ2) is 6.52. The van der Waals surface area contributed by atoms with E-state index in [0.717, 1.165) is 5.56 Å². The summed E-state index contributed by atoms with van der Waals surface area (Å²) in [5.41, 5.74) is 0.275. The molecule has 0 radical (unpaired) electrons. The molecular weight excluding hydrogens is 230 g/mol. The summed E-state index contributed by atoms with van der Waals surface area (Å²) in [6, 6.07) is 9.08. The quantitative estimate of drug-likeness (QED) is 0.751. The number of hydrogen-bond acceptors (Lipinski definition) is 4. The molecule has 0 fully saturated rings. The molecule has 2 unspecified atom stereocenters. The Morgan fingerprint density at radius 3 is 2.56 bits per heavy atom. The predicted octanol–water partition coefficient (Wildman–Crippen LogP) is 1.44. The summed E-state index contributed by atoms with van der Waals surface area (Å²) in [6.45, 7) is 5.62. The first-order valence-electron chi connectivity index (χ1n) is 6.14. The number of ether oxygens (including phenoxy) is 1. The molecule has 1 rings (SSSR count). The highest BCUT2D eigenvalue weighted by Crippen LogP contribution is 2.20. The van der Waals surface area contributed by atoms with Crippen LogP contribution in [0.15, 0.2) is 30.3 Å². The molecule has 0 amide bonds. The third kappa shape index (κ3) is 3.55. The largest absolute Gasteiger partial charge is 0.465 e. The van der Waals surface area contributed by atoms with Crippen molar-refractivity contribution in [2.75, 3.05) is 13.2 Å². The molecular formula is C14H21NO3. The number of nitrogens with one attached hydrogen (secondary N) is 1. The number of aliphatic hydroxyl groups is 1. The van der Waals surface area contributed by atoms with Gasteiger partial charge in [-0.05, 0) is 26.3 Å². The molecule has 18 heavy (non-hydrogen) atoms. The number of carbonyl (C=O) groups excluding carboxylic acids is 1. The fraction of sp³-hybridized carbons (Fsp3) is 0.500. The maximum Gasteiger partial charge on any atom is 0.322 e. The minimum absolute atomic E-state index is 0.0965. The first kappa shape index (κ1) is 14.7. The summed E-state index contributed by atoms with van der Waals surface area (Å²) in [4.78, 5) is 11.6. The van der Waals surface area contributed by atoms with Gasteiger partial charge in [-0.3, -0.25) is 10.1 Å².